The number of hydrogen-bond donors (Lipinski definition) is 2. The Balaban J connectivity index is 1.57. The summed E-state index contributed by atoms with van der Waals surface area (Å²) in [4.78, 5) is 14.8. The molecule has 3 rings (SSSR count). The molecule has 0 unspecified atom stereocenters. The monoisotopic (exact) mass is 489 g/mol. The van der Waals surface area contributed by atoms with Crippen molar-refractivity contribution in [2.75, 3.05) is 20.2 Å². The number of rotatable bonds is 11. The van der Waals surface area contributed by atoms with E-state index in [0.717, 1.165) is 11.6 Å². The van der Waals surface area contributed by atoms with Gasteiger partial charge >= 0.3 is 6.18 Å². The molecule has 0 atom stereocenters. The second-order valence-corrected chi connectivity index (χ2v) is 8.54. The van der Waals surface area contributed by atoms with Gasteiger partial charge in [0.1, 0.15) is 22.8 Å². The van der Waals surface area contributed by atoms with Crippen molar-refractivity contribution in [3.8, 4) is 17.2 Å². The van der Waals surface area contributed by atoms with Crippen molar-refractivity contribution >= 4 is 5.91 Å². The number of hydrogen-bond acceptors (Lipinski definition) is 5. The van der Waals surface area contributed by atoms with Gasteiger partial charge in [-0.1, -0.05) is 24.3 Å². The minimum Gasteiger partial charge on any atom is -0.497 e. The van der Waals surface area contributed by atoms with Crippen molar-refractivity contribution in [2.24, 2.45) is 5.73 Å². The van der Waals surface area contributed by atoms with Crippen molar-refractivity contribution in [1.82, 2.24) is 10.2 Å². The molecule has 188 valence electrons. The van der Waals surface area contributed by atoms with E-state index >= 15 is 0 Å². The number of carbonyl (C=O) groups excluding carboxylic acids is 1. The molecule has 0 bridgehead atoms. The highest BCUT2D eigenvalue weighted by Gasteiger charge is 2.48. The molecule has 3 N–H and O–H groups in total. The third-order valence-corrected chi connectivity index (χ3v) is 5.99. The van der Waals surface area contributed by atoms with Crippen molar-refractivity contribution in [2.45, 2.75) is 37.1 Å². The molecule has 2 aromatic carbocycles. The molecule has 0 aliphatic heterocycles. The average Bonchev–Trinajstić information content (AvgIpc) is 2.80. The molecule has 0 saturated heterocycles. The Morgan fingerprint density at radius 2 is 1.74 bits per heavy atom. The number of halogens is 3. The molecule has 1 aliphatic rings. The zero-order chi connectivity index (χ0) is 25.6. The number of methoxy groups -OCH3 is 1. The van der Waals surface area contributed by atoms with Gasteiger partial charge in [0.2, 0.25) is 5.91 Å². The van der Waals surface area contributed by atoms with Crippen molar-refractivity contribution in [3.63, 3.8) is 0 Å². The highest BCUT2D eigenvalue weighted by atomic mass is 19.4. The lowest BCUT2D eigenvalue weighted by Gasteiger charge is -2.48. The molecule has 0 heterocycles. The summed E-state index contributed by atoms with van der Waals surface area (Å²) < 4.78 is 50.5. The number of benzene rings is 2. The first-order valence-electron chi connectivity index (χ1n) is 11.1. The first-order valence-corrected chi connectivity index (χ1v) is 11.1. The van der Waals surface area contributed by atoms with E-state index in [2.05, 4.69) is 23.4 Å². The second-order valence-electron chi connectivity index (χ2n) is 8.54. The van der Waals surface area contributed by atoms with Crippen LogP contribution in [0.4, 0.5) is 13.2 Å². The molecule has 1 aliphatic carbocycles. The van der Waals surface area contributed by atoms with E-state index in [1.807, 2.05) is 12.2 Å². The lowest BCUT2D eigenvalue weighted by atomic mass is 9.71. The largest absolute Gasteiger partial charge is 0.497 e. The summed E-state index contributed by atoms with van der Waals surface area (Å²) in [7, 11) is 1.30. The number of carbonyl (C=O) groups is 1. The van der Waals surface area contributed by atoms with Gasteiger partial charge < -0.3 is 20.5 Å². The van der Waals surface area contributed by atoms with Crippen LogP contribution >= 0.6 is 0 Å². The van der Waals surface area contributed by atoms with Gasteiger partial charge in [-0.2, -0.15) is 13.2 Å². The van der Waals surface area contributed by atoms with Gasteiger partial charge in [0.05, 0.1) is 12.6 Å². The summed E-state index contributed by atoms with van der Waals surface area (Å²) in [6, 6.07) is 10.1. The fourth-order valence-corrected chi connectivity index (χ4v) is 4.04. The third-order valence-electron chi connectivity index (χ3n) is 5.99. The standard InChI is InChI=1S/C26H30F3N3O3/c1-4-12-32(13-5-2)19-15-25(30,16-19)24(33)31-17-18-6-8-20(9-7-18)35-23-11-10-21(34-3)14-22(23)26(27,28)29/h4-11,14,19H,1-2,12-13,15-17,30H2,3H3,(H,31,33). The van der Waals surface area contributed by atoms with E-state index in [1.165, 1.54) is 19.2 Å². The predicted octanol–water partition coefficient (Wildman–Crippen LogP) is 4.66. The summed E-state index contributed by atoms with van der Waals surface area (Å²) in [5, 5.41) is 2.85. The zero-order valence-corrected chi connectivity index (χ0v) is 19.6. The number of nitrogens with zero attached hydrogens (tertiary/aromatic N) is 1. The molecule has 1 amide bonds. The SMILES string of the molecule is C=CCN(CC=C)C1CC(N)(C(=O)NCc2ccc(Oc3ccc(OC)cc3C(F)(F)F)cc2)C1. The van der Waals surface area contributed by atoms with E-state index in [4.69, 9.17) is 15.2 Å². The van der Waals surface area contributed by atoms with Gasteiger partial charge in [-0.25, -0.2) is 0 Å². The molecule has 2 aromatic rings. The van der Waals surface area contributed by atoms with Crippen LogP contribution in [0.3, 0.4) is 0 Å². The van der Waals surface area contributed by atoms with Crippen LogP contribution in [0.15, 0.2) is 67.8 Å². The summed E-state index contributed by atoms with van der Waals surface area (Å²) >= 11 is 0. The van der Waals surface area contributed by atoms with E-state index in [-0.39, 0.29) is 35.7 Å². The van der Waals surface area contributed by atoms with Gasteiger partial charge in [-0.15, -0.1) is 13.2 Å². The highest BCUT2D eigenvalue weighted by molar-refractivity contribution is 5.87. The molecular weight excluding hydrogens is 459 g/mol. The normalized spacial score (nSPS) is 19.5. The summed E-state index contributed by atoms with van der Waals surface area (Å²) in [6.45, 7) is 9.15. The lowest BCUT2D eigenvalue weighted by Crippen LogP contribution is -2.67. The first-order chi connectivity index (χ1) is 16.6. The Bertz CT molecular complexity index is 1040. The first kappa shape index (κ1) is 26.3. The highest BCUT2D eigenvalue weighted by Crippen LogP contribution is 2.40. The van der Waals surface area contributed by atoms with Gasteiger partial charge in [0.25, 0.3) is 0 Å². The molecule has 35 heavy (non-hydrogen) atoms. The van der Waals surface area contributed by atoms with Gasteiger partial charge in [0, 0.05) is 25.7 Å². The maximum Gasteiger partial charge on any atom is 0.420 e. The fourth-order valence-electron chi connectivity index (χ4n) is 4.04. The van der Waals surface area contributed by atoms with Crippen LogP contribution in [0.5, 0.6) is 17.2 Å². The predicted molar refractivity (Wildman–Crippen MR) is 128 cm³/mol. The van der Waals surface area contributed by atoms with Crippen LogP contribution in [0.2, 0.25) is 0 Å². The molecule has 1 saturated carbocycles. The summed E-state index contributed by atoms with van der Waals surface area (Å²) in [5.74, 6) is -0.247. The lowest BCUT2D eigenvalue weighted by molar-refractivity contribution is -0.138. The Morgan fingerprint density at radius 1 is 1.14 bits per heavy atom. The number of nitrogens with two attached hydrogens (primary N) is 1. The number of nitrogens with one attached hydrogen (secondary N) is 1. The van der Waals surface area contributed by atoms with Crippen LogP contribution in [-0.4, -0.2) is 42.6 Å². The van der Waals surface area contributed by atoms with E-state index in [0.29, 0.717) is 25.9 Å². The molecule has 0 radical (unpaired) electrons. The summed E-state index contributed by atoms with van der Waals surface area (Å²) in [5.41, 5.74) is 5.20. The van der Waals surface area contributed by atoms with E-state index in [1.54, 1.807) is 24.3 Å². The fraction of sp³-hybridized carbons (Fsp3) is 0.346. The summed E-state index contributed by atoms with van der Waals surface area (Å²) in [6.07, 6.45) is 0.104. The Hall–Kier alpha value is -3.30. The number of amides is 1. The van der Waals surface area contributed by atoms with Crippen LogP contribution < -0.4 is 20.5 Å². The topological polar surface area (TPSA) is 76.8 Å². The van der Waals surface area contributed by atoms with Crippen LogP contribution in [0, 0.1) is 0 Å². The van der Waals surface area contributed by atoms with Gasteiger partial charge in [-0.3, -0.25) is 9.69 Å². The molecule has 6 nitrogen and oxygen atoms in total. The number of ether oxygens (including phenoxy) is 2. The van der Waals surface area contributed by atoms with Gasteiger partial charge in [0.15, 0.2) is 0 Å². The Morgan fingerprint density at radius 3 is 2.29 bits per heavy atom. The van der Waals surface area contributed by atoms with Crippen LogP contribution in [0.1, 0.15) is 24.0 Å². The van der Waals surface area contributed by atoms with E-state index < -0.39 is 17.3 Å². The Kier molecular flexibility index (Phi) is 8.24. The molecule has 0 spiro atoms. The Labute approximate surface area is 203 Å². The van der Waals surface area contributed by atoms with Crippen molar-refractivity contribution in [1.29, 1.82) is 0 Å². The molecule has 1 fully saturated rings. The van der Waals surface area contributed by atoms with Crippen molar-refractivity contribution < 1.29 is 27.4 Å². The molecule has 0 aromatic heterocycles. The maximum atomic E-state index is 13.4. The van der Waals surface area contributed by atoms with E-state index in [9.17, 15) is 18.0 Å². The quantitative estimate of drug-likeness (QED) is 0.449. The zero-order valence-electron chi connectivity index (χ0n) is 19.6. The molecular formula is C26H30F3N3O3. The van der Waals surface area contributed by atoms with Crippen molar-refractivity contribution in [3.05, 3.63) is 78.9 Å². The number of alkyl halides is 3. The van der Waals surface area contributed by atoms with Gasteiger partial charge in [-0.05, 0) is 48.7 Å². The maximum absolute atomic E-state index is 13.4. The second kappa shape index (κ2) is 11.0. The minimum atomic E-state index is -4.60. The minimum absolute atomic E-state index is 0.0836. The smallest absolute Gasteiger partial charge is 0.420 e. The average molecular weight is 490 g/mol. The van der Waals surface area contributed by atoms with Crippen LogP contribution in [-0.2, 0) is 17.5 Å². The molecule has 9 heteroatoms. The third kappa shape index (κ3) is 6.43. The van der Waals surface area contributed by atoms with Crippen LogP contribution in [0.25, 0.3) is 0 Å².